The van der Waals surface area contributed by atoms with E-state index in [0.717, 1.165) is 16.7 Å². The van der Waals surface area contributed by atoms with Gasteiger partial charge in [-0.1, -0.05) is 42.0 Å². The molecule has 0 saturated carbocycles. The maximum atomic E-state index is 12.4. The van der Waals surface area contributed by atoms with E-state index < -0.39 is 6.04 Å². The number of aryl methyl sites for hydroxylation is 2. The Morgan fingerprint density at radius 2 is 1.58 bits per heavy atom. The average Bonchev–Trinajstić information content (AvgIpc) is 2.57. The lowest BCUT2D eigenvalue weighted by atomic mass is 10.00. The summed E-state index contributed by atoms with van der Waals surface area (Å²) in [4.78, 5) is 24.5. The van der Waals surface area contributed by atoms with Crippen molar-refractivity contribution in [2.45, 2.75) is 39.8 Å². The highest BCUT2D eigenvalue weighted by atomic mass is 16.2. The van der Waals surface area contributed by atoms with Crippen LogP contribution in [0.15, 0.2) is 48.5 Å². The zero-order valence-electron chi connectivity index (χ0n) is 14.6. The highest BCUT2D eigenvalue weighted by molar-refractivity contribution is 5.97. The van der Waals surface area contributed by atoms with E-state index in [2.05, 4.69) is 22.8 Å². The molecule has 24 heavy (non-hydrogen) atoms. The summed E-state index contributed by atoms with van der Waals surface area (Å²) in [6.07, 6.45) is 0. The lowest BCUT2D eigenvalue weighted by Crippen LogP contribution is -2.45. The van der Waals surface area contributed by atoms with Gasteiger partial charge in [0, 0.05) is 5.56 Å². The monoisotopic (exact) mass is 324 g/mol. The van der Waals surface area contributed by atoms with Gasteiger partial charge in [-0.05, 0) is 51.0 Å². The minimum Gasteiger partial charge on any atom is -0.348 e. The Bertz CT molecular complexity index is 726. The van der Waals surface area contributed by atoms with E-state index in [1.807, 2.05) is 32.9 Å². The summed E-state index contributed by atoms with van der Waals surface area (Å²) < 4.78 is 0. The molecule has 0 heterocycles. The lowest BCUT2D eigenvalue weighted by Gasteiger charge is -2.20. The van der Waals surface area contributed by atoms with E-state index in [9.17, 15) is 9.59 Å². The lowest BCUT2D eigenvalue weighted by molar-refractivity contribution is -0.123. The van der Waals surface area contributed by atoms with Crippen molar-refractivity contribution in [2.24, 2.45) is 0 Å². The Kier molecular flexibility index (Phi) is 5.74. The van der Waals surface area contributed by atoms with Gasteiger partial charge in [0.25, 0.3) is 5.91 Å². The predicted octanol–water partition coefficient (Wildman–Crippen LogP) is 3.30. The highest BCUT2D eigenvalue weighted by Gasteiger charge is 2.19. The third kappa shape index (κ3) is 4.44. The molecule has 4 nitrogen and oxygen atoms in total. The molecule has 0 fully saturated rings. The second-order valence-corrected chi connectivity index (χ2v) is 6.15. The molecule has 2 amide bonds. The maximum absolute atomic E-state index is 12.4. The molecule has 2 N–H and O–H groups in total. The van der Waals surface area contributed by atoms with Crippen LogP contribution in [0.1, 0.15) is 46.9 Å². The Balaban J connectivity index is 1.98. The molecule has 2 unspecified atom stereocenters. The smallest absolute Gasteiger partial charge is 0.251 e. The number of rotatable bonds is 5. The second kappa shape index (κ2) is 7.77. The van der Waals surface area contributed by atoms with Crippen molar-refractivity contribution in [1.29, 1.82) is 0 Å². The van der Waals surface area contributed by atoms with E-state index in [1.54, 1.807) is 31.2 Å². The highest BCUT2D eigenvalue weighted by Crippen LogP contribution is 2.18. The molecule has 2 aromatic rings. The molecule has 0 spiro atoms. The molecular weight excluding hydrogens is 300 g/mol. The summed E-state index contributed by atoms with van der Waals surface area (Å²) in [5, 5.41) is 5.69. The van der Waals surface area contributed by atoms with Crippen molar-refractivity contribution in [3.63, 3.8) is 0 Å². The molecule has 0 aliphatic carbocycles. The summed E-state index contributed by atoms with van der Waals surface area (Å²) in [5.74, 6) is -0.453. The SMILES string of the molecule is Cc1ccc(C)c(C(C)NC(=O)C(C)NC(=O)c2ccccc2)c1. The summed E-state index contributed by atoms with van der Waals surface area (Å²) in [5.41, 5.74) is 3.92. The molecule has 0 radical (unpaired) electrons. The van der Waals surface area contributed by atoms with Crippen LogP contribution in [-0.2, 0) is 4.79 Å². The van der Waals surface area contributed by atoms with E-state index in [-0.39, 0.29) is 17.9 Å². The van der Waals surface area contributed by atoms with E-state index >= 15 is 0 Å². The first kappa shape index (κ1) is 17.7. The fourth-order valence-electron chi connectivity index (χ4n) is 2.58. The van der Waals surface area contributed by atoms with Crippen molar-refractivity contribution in [3.05, 3.63) is 70.8 Å². The predicted molar refractivity (Wildman–Crippen MR) is 95.8 cm³/mol. The third-order valence-corrected chi connectivity index (χ3v) is 4.04. The first-order valence-corrected chi connectivity index (χ1v) is 8.12. The van der Waals surface area contributed by atoms with Gasteiger partial charge in [0.1, 0.15) is 6.04 Å². The van der Waals surface area contributed by atoms with Crippen LogP contribution >= 0.6 is 0 Å². The number of benzene rings is 2. The minimum atomic E-state index is -0.606. The Morgan fingerprint density at radius 1 is 0.917 bits per heavy atom. The number of carbonyl (C=O) groups excluding carboxylic acids is 2. The van der Waals surface area contributed by atoms with Crippen LogP contribution in [0.4, 0.5) is 0 Å². The quantitative estimate of drug-likeness (QED) is 0.886. The third-order valence-electron chi connectivity index (χ3n) is 4.04. The average molecular weight is 324 g/mol. The second-order valence-electron chi connectivity index (χ2n) is 6.15. The van der Waals surface area contributed by atoms with Gasteiger partial charge < -0.3 is 10.6 Å². The fourth-order valence-corrected chi connectivity index (χ4v) is 2.58. The van der Waals surface area contributed by atoms with Gasteiger partial charge in [0.05, 0.1) is 6.04 Å². The molecule has 0 bridgehead atoms. The van der Waals surface area contributed by atoms with Gasteiger partial charge >= 0.3 is 0 Å². The zero-order valence-corrected chi connectivity index (χ0v) is 14.6. The molecule has 2 rings (SSSR count). The first-order valence-electron chi connectivity index (χ1n) is 8.12. The summed E-state index contributed by atoms with van der Waals surface area (Å²) in [7, 11) is 0. The van der Waals surface area contributed by atoms with Crippen LogP contribution in [0.5, 0.6) is 0 Å². The van der Waals surface area contributed by atoms with Gasteiger partial charge in [-0.2, -0.15) is 0 Å². The van der Waals surface area contributed by atoms with E-state index in [4.69, 9.17) is 0 Å². The molecule has 0 aromatic heterocycles. The number of nitrogens with one attached hydrogen (secondary N) is 2. The summed E-state index contributed by atoms with van der Waals surface area (Å²) in [6, 6.07) is 14.3. The van der Waals surface area contributed by atoms with Crippen molar-refractivity contribution < 1.29 is 9.59 Å². The van der Waals surface area contributed by atoms with Crippen molar-refractivity contribution in [2.75, 3.05) is 0 Å². The number of amides is 2. The zero-order chi connectivity index (χ0) is 17.7. The molecule has 2 atom stereocenters. The van der Waals surface area contributed by atoms with Gasteiger partial charge in [-0.25, -0.2) is 0 Å². The van der Waals surface area contributed by atoms with Crippen LogP contribution in [-0.4, -0.2) is 17.9 Å². The van der Waals surface area contributed by atoms with Crippen LogP contribution in [0.2, 0.25) is 0 Å². The number of hydrogen-bond donors (Lipinski definition) is 2. The van der Waals surface area contributed by atoms with E-state index in [0.29, 0.717) is 5.56 Å². The number of hydrogen-bond acceptors (Lipinski definition) is 2. The standard InChI is InChI=1S/C20H24N2O2/c1-13-10-11-14(2)18(12-13)15(3)21-19(23)16(4)22-20(24)17-8-6-5-7-9-17/h5-12,15-16H,1-4H3,(H,21,23)(H,22,24). The Morgan fingerprint density at radius 3 is 2.25 bits per heavy atom. The maximum Gasteiger partial charge on any atom is 0.251 e. The Hall–Kier alpha value is -2.62. The van der Waals surface area contributed by atoms with Gasteiger partial charge in [0.2, 0.25) is 5.91 Å². The van der Waals surface area contributed by atoms with E-state index in [1.165, 1.54) is 0 Å². The summed E-state index contributed by atoms with van der Waals surface area (Å²) in [6.45, 7) is 7.69. The normalized spacial score (nSPS) is 13.0. The topological polar surface area (TPSA) is 58.2 Å². The fraction of sp³-hybridized carbons (Fsp3) is 0.300. The van der Waals surface area contributed by atoms with Crippen LogP contribution in [0.3, 0.4) is 0 Å². The van der Waals surface area contributed by atoms with Crippen molar-refractivity contribution in [1.82, 2.24) is 10.6 Å². The molecule has 4 heteroatoms. The molecule has 2 aromatic carbocycles. The van der Waals surface area contributed by atoms with Crippen LogP contribution in [0, 0.1) is 13.8 Å². The van der Waals surface area contributed by atoms with Gasteiger partial charge in [-0.3, -0.25) is 9.59 Å². The molecule has 0 aliphatic heterocycles. The molecule has 0 aliphatic rings. The molecule has 0 saturated heterocycles. The van der Waals surface area contributed by atoms with Gasteiger partial charge in [0.15, 0.2) is 0 Å². The van der Waals surface area contributed by atoms with Crippen molar-refractivity contribution in [3.8, 4) is 0 Å². The van der Waals surface area contributed by atoms with Crippen LogP contribution < -0.4 is 10.6 Å². The summed E-state index contributed by atoms with van der Waals surface area (Å²) >= 11 is 0. The largest absolute Gasteiger partial charge is 0.348 e. The minimum absolute atomic E-state index is 0.117. The Labute approximate surface area is 143 Å². The molecular formula is C20H24N2O2. The van der Waals surface area contributed by atoms with Crippen molar-refractivity contribution >= 4 is 11.8 Å². The van der Waals surface area contributed by atoms with Gasteiger partial charge in [-0.15, -0.1) is 0 Å². The van der Waals surface area contributed by atoms with Crippen LogP contribution in [0.25, 0.3) is 0 Å². The first-order chi connectivity index (χ1) is 11.4. The number of carbonyl (C=O) groups is 2. The molecule has 126 valence electrons.